The van der Waals surface area contributed by atoms with Gasteiger partial charge in [0.1, 0.15) is 0 Å². The van der Waals surface area contributed by atoms with Crippen LogP contribution in [0.2, 0.25) is 0 Å². The number of halogens is 3. The second-order valence-corrected chi connectivity index (χ2v) is 3.44. The van der Waals surface area contributed by atoms with Gasteiger partial charge < -0.3 is 4.90 Å². The zero-order chi connectivity index (χ0) is 11.8. The Kier molecular flexibility index (Phi) is 2.52. The SMILES string of the molecule is O=C(N1CCCC1c1nnn[nH]1)C(F)(F)F. The Morgan fingerprint density at radius 1 is 1.50 bits per heavy atom. The van der Waals surface area contributed by atoms with E-state index in [0.717, 1.165) is 4.90 Å². The quantitative estimate of drug-likeness (QED) is 0.765. The van der Waals surface area contributed by atoms with E-state index < -0.39 is 18.1 Å². The van der Waals surface area contributed by atoms with Crippen molar-refractivity contribution in [1.29, 1.82) is 0 Å². The van der Waals surface area contributed by atoms with Gasteiger partial charge in [0.05, 0.1) is 6.04 Å². The third kappa shape index (κ3) is 1.84. The number of H-pyrrole nitrogens is 1. The summed E-state index contributed by atoms with van der Waals surface area (Å²) in [5.41, 5.74) is 0. The lowest BCUT2D eigenvalue weighted by atomic mass is 10.2. The van der Waals surface area contributed by atoms with Crippen molar-refractivity contribution in [2.75, 3.05) is 6.54 Å². The van der Waals surface area contributed by atoms with Crippen molar-refractivity contribution in [3.05, 3.63) is 5.82 Å². The molecule has 0 aliphatic carbocycles. The van der Waals surface area contributed by atoms with Gasteiger partial charge in [0.2, 0.25) is 0 Å². The molecule has 9 heteroatoms. The summed E-state index contributed by atoms with van der Waals surface area (Å²) < 4.78 is 36.8. The predicted molar refractivity (Wildman–Crippen MR) is 43.9 cm³/mol. The monoisotopic (exact) mass is 235 g/mol. The Bertz CT molecular complexity index is 376. The number of nitrogens with one attached hydrogen (secondary N) is 1. The number of aromatic nitrogens is 4. The van der Waals surface area contributed by atoms with Crippen LogP contribution in [0.15, 0.2) is 0 Å². The van der Waals surface area contributed by atoms with E-state index in [2.05, 4.69) is 20.6 Å². The van der Waals surface area contributed by atoms with Gasteiger partial charge in [0.15, 0.2) is 5.82 Å². The molecule has 1 aromatic rings. The molecule has 1 aliphatic heterocycles. The molecule has 1 aromatic heterocycles. The fraction of sp³-hybridized carbons (Fsp3) is 0.714. The van der Waals surface area contributed by atoms with Crippen molar-refractivity contribution in [3.63, 3.8) is 0 Å². The summed E-state index contributed by atoms with van der Waals surface area (Å²) in [7, 11) is 0. The Morgan fingerprint density at radius 2 is 2.25 bits per heavy atom. The summed E-state index contributed by atoms with van der Waals surface area (Å²) in [5, 5.41) is 12.5. The molecule has 1 saturated heterocycles. The number of hydrogen-bond donors (Lipinski definition) is 1. The van der Waals surface area contributed by atoms with Crippen LogP contribution in [0, 0.1) is 0 Å². The summed E-state index contributed by atoms with van der Waals surface area (Å²) in [6, 6.07) is -0.705. The largest absolute Gasteiger partial charge is 0.471 e. The number of amides is 1. The zero-order valence-electron chi connectivity index (χ0n) is 8.03. The lowest BCUT2D eigenvalue weighted by Gasteiger charge is -2.23. The number of likely N-dealkylation sites (tertiary alicyclic amines) is 1. The maximum absolute atomic E-state index is 12.3. The van der Waals surface area contributed by atoms with Crippen LogP contribution in [0.4, 0.5) is 13.2 Å². The zero-order valence-corrected chi connectivity index (χ0v) is 8.03. The van der Waals surface area contributed by atoms with Gasteiger partial charge in [-0.2, -0.15) is 13.2 Å². The molecule has 1 atom stereocenters. The molecule has 0 spiro atoms. The van der Waals surface area contributed by atoms with Crippen molar-refractivity contribution >= 4 is 5.91 Å². The maximum Gasteiger partial charge on any atom is 0.471 e. The second-order valence-electron chi connectivity index (χ2n) is 3.44. The number of aromatic amines is 1. The molecule has 1 aliphatic rings. The van der Waals surface area contributed by atoms with Crippen LogP contribution in [-0.2, 0) is 4.79 Å². The highest BCUT2D eigenvalue weighted by molar-refractivity contribution is 5.82. The number of hydrogen-bond acceptors (Lipinski definition) is 4. The average molecular weight is 235 g/mol. The van der Waals surface area contributed by atoms with Gasteiger partial charge in [-0.05, 0) is 23.3 Å². The highest BCUT2D eigenvalue weighted by Crippen LogP contribution is 2.33. The van der Waals surface area contributed by atoms with Gasteiger partial charge in [-0.3, -0.25) is 4.79 Å². The lowest BCUT2D eigenvalue weighted by Crippen LogP contribution is -2.40. The van der Waals surface area contributed by atoms with E-state index in [9.17, 15) is 18.0 Å². The molecule has 0 saturated carbocycles. The first kappa shape index (κ1) is 10.8. The number of carbonyl (C=O) groups excluding carboxylic acids is 1. The normalized spacial score (nSPS) is 21.4. The molecule has 1 amide bonds. The highest BCUT2D eigenvalue weighted by Gasteiger charge is 2.47. The summed E-state index contributed by atoms with van der Waals surface area (Å²) in [6.45, 7) is 0.0731. The van der Waals surface area contributed by atoms with E-state index in [-0.39, 0.29) is 12.4 Å². The van der Waals surface area contributed by atoms with Gasteiger partial charge in [0.25, 0.3) is 0 Å². The molecule has 1 N–H and O–H groups in total. The summed E-state index contributed by atoms with van der Waals surface area (Å²) >= 11 is 0. The molecule has 88 valence electrons. The van der Waals surface area contributed by atoms with E-state index in [1.807, 2.05) is 0 Å². The van der Waals surface area contributed by atoms with Crippen molar-refractivity contribution in [3.8, 4) is 0 Å². The molecule has 1 unspecified atom stereocenters. The van der Waals surface area contributed by atoms with E-state index >= 15 is 0 Å². The number of alkyl halides is 3. The molecule has 0 aromatic carbocycles. The molecular formula is C7H8F3N5O. The number of rotatable bonds is 1. The summed E-state index contributed by atoms with van der Waals surface area (Å²) in [4.78, 5) is 11.8. The van der Waals surface area contributed by atoms with Crippen molar-refractivity contribution in [2.24, 2.45) is 0 Å². The first-order valence-corrected chi connectivity index (χ1v) is 4.61. The van der Waals surface area contributed by atoms with Crippen LogP contribution in [-0.4, -0.2) is 44.2 Å². The molecule has 2 heterocycles. The van der Waals surface area contributed by atoms with Gasteiger partial charge >= 0.3 is 12.1 Å². The third-order valence-electron chi connectivity index (χ3n) is 2.43. The maximum atomic E-state index is 12.3. The highest BCUT2D eigenvalue weighted by atomic mass is 19.4. The predicted octanol–water partition coefficient (Wildman–Crippen LogP) is 0.425. The number of tetrazole rings is 1. The molecule has 0 bridgehead atoms. The molecule has 0 radical (unpaired) electrons. The van der Waals surface area contributed by atoms with Crippen molar-refractivity contribution in [1.82, 2.24) is 25.5 Å². The second kappa shape index (κ2) is 3.72. The first-order valence-electron chi connectivity index (χ1n) is 4.61. The topological polar surface area (TPSA) is 74.8 Å². The summed E-state index contributed by atoms with van der Waals surface area (Å²) in [5.74, 6) is -1.65. The third-order valence-corrected chi connectivity index (χ3v) is 2.43. The fourth-order valence-electron chi connectivity index (χ4n) is 1.76. The number of carbonyl (C=O) groups is 1. The van der Waals surface area contributed by atoms with E-state index in [0.29, 0.717) is 12.8 Å². The van der Waals surface area contributed by atoms with Crippen LogP contribution in [0.1, 0.15) is 24.7 Å². The minimum atomic E-state index is -4.85. The average Bonchev–Trinajstić information content (AvgIpc) is 2.85. The van der Waals surface area contributed by atoms with E-state index in [1.165, 1.54) is 0 Å². The molecule has 2 rings (SSSR count). The van der Waals surface area contributed by atoms with E-state index in [1.54, 1.807) is 0 Å². The molecule has 1 fully saturated rings. The Labute approximate surface area is 87.8 Å². The van der Waals surface area contributed by atoms with Crippen LogP contribution >= 0.6 is 0 Å². The molecule has 16 heavy (non-hydrogen) atoms. The Morgan fingerprint density at radius 3 is 2.81 bits per heavy atom. The first-order chi connectivity index (χ1) is 7.50. The van der Waals surface area contributed by atoms with Crippen molar-refractivity contribution < 1.29 is 18.0 Å². The van der Waals surface area contributed by atoms with Gasteiger partial charge in [-0.25, -0.2) is 5.10 Å². The Balaban J connectivity index is 2.19. The van der Waals surface area contributed by atoms with E-state index in [4.69, 9.17) is 0 Å². The van der Waals surface area contributed by atoms with Crippen LogP contribution in [0.5, 0.6) is 0 Å². The van der Waals surface area contributed by atoms with Crippen molar-refractivity contribution in [2.45, 2.75) is 25.1 Å². The standard InChI is InChI=1S/C7H8F3N5O/c8-7(9,10)6(16)15-3-1-2-4(15)5-11-13-14-12-5/h4H,1-3H2,(H,11,12,13,14). The van der Waals surface area contributed by atoms with Crippen LogP contribution in [0.3, 0.4) is 0 Å². The number of nitrogens with zero attached hydrogens (tertiary/aromatic N) is 4. The smallest absolute Gasteiger partial charge is 0.325 e. The van der Waals surface area contributed by atoms with Crippen LogP contribution in [0.25, 0.3) is 0 Å². The fourth-order valence-corrected chi connectivity index (χ4v) is 1.76. The van der Waals surface area contributed by atoms with Gasteiger partial charge in [-0.1, -0.05) is 0 Å². The summed E-state index contributed by atoms with van der Waals surface area (Å²) in [6.07, 6.45) is -3.91. The minimum Gasteiger partial charge on any atom is -0.325 e. The Hall–Kier alpha value is -1.67. The minimum absolute atomic E-state index is 0.0731. The molecule has 6 nitrogen and oxygen atoms in total. The lowest BCUT2D eigenvalue weighted by molar-refractivity contribution is -0.186. The van der Waals surface area contributed by atoms with Gasteiger partial charge in [0, 0.05) is 6.54 Å². The van der Waals surface area contributed by atoms with Gasteiger partial charge in [-0.15, -0.1) is 5.10 Å². The van der Waals surface area contributed by atoms with Crippen LogP contribution < -0.4 is 0 Å². The molecular weight excluding hydrogens is 227 g/mol.